The van der Waals surface area contributed by atoms with Crippen molar-refractivity contribution in [2.24, 2.45) is 0 Å². The molecular weight excluding hydrogens is 365 g/mol. The van der Waals surface area contributed by atoms with Crippen LogP contribution in [0.4, 0.5) is 4.39 Å². The average Bonchev–Trinajstić information content (AvgIpc) is 2.61. The number of thioether (sulfide) groups is 1. The first kappa shape index (κ1) is 19.4. The zero-order valence-electron chi connectivity index (χ0n) is 13.8. The third-order valence-electron chi connectivity index (χ3n) is 3.26. The van der Waals surface area contributed by atoms with Gasteiger partial charge in [0.2, 0.25) is 5.91 Å². The van der Waals surface area contributed by atoms with E-state index in [0.29, 0.717) is 35.2 Å². The maximum absolute atomic E-state index is 13.6. The first-order valence-corrected chi connectivity index (χ1v) is 9.17. The predicted octanol–water partition coefficient (Wildman–Crippen LogP) is 3.92. The lowest BCUT2D eigenvalue weighted by Crippen LogP contribution is -2.29. The van der Waals surface area contributed by atoms with E-state index in [1.807, 2.05) is 0 Å². The van der Waals surface area contributed by atoms with Crippen molar-refractivity contribution in [3.8, 4) is 11.5 Å². The van der Waals surface area contributed by atoms with E-state index < -0.39 is 0 Å². The van der Waals surface area contributed by atoms with Crippen molar-refractivity contribution in [3.63, 3.8) is 0 Å². The van der Waals surface area contributed by atoms with Crippen LogP contribution in [0.5, 0.6) is 11.5 Å². The summed E-state index contributed by atoms with van der Waals surface area (Å²) in [7, 11) is 1.60. The molecule has 0 aliphatic heterocycles. The topological polar surface area (TPSA) is 47.6 Å². The van der Waals surface area contributed by atoms with Gasteiger partial charge in [-0.25, -0.2) is 4.39 Å². The molecule has 0 bridgehead atoms. The number of ether oxygens (including phenoxy) is 2. The molecule has 7 heteroatoms. The highest BCUT2D eigenvalue weighted by molar-refractivity contribution is 7.99. The number of hydrogen-bond acceptors (Lipinski definition) is 4. The molecule has 2 rings (SSSR count). The third kappa shape index (κ3) is 6.84. The summed E-state index contributed by atoms with van der Waals surface area (Å²) in [4.78, 5) is 11.7. The average molecular weight is 384 g/mol. The van der Waals surface area contributed by atoms with E-state index in [-0.39, 0.29) is 17.5 Å². The molecule has 134 valence electrons. The molecule has 25 heavy (non-hydrogen) atoms. The van der Waals surface area contributed by atoms with Crippen LogP contribution in [-0.2, 0) is 10.5 Å². The van der Waals surface area contributed by atoms with E-state index >= 15 is 0 Å². The van der Waals surface area contributed by atoms with Crippen molar-refractivity contribution in [2.45, 2.75) is 5.75 Å². The summed E-state index contributed by atoms with van der Waals surface area (Å²) in [5.41, 5.74) is 0.532. The quantitative estimate of drug-likeness (QED) is 0.667. The van der Waals surface area contributed by atoms with Gasteiger partial charge in [-0.1, -0.05) is 17.7 Å². The maximum atomic E-state index is 13.6. The Morgan fingerprint density at radius 3 is 2.60 bits per heavy atom. The van der Waals surface area contributed by atoms with Crippen molar-refractivity contribution >= 4 is 29.3 Å². The number of carbonyl (C=O) groups excluding carboxylic acids is 1. The number of halogens is 2. The summed E-state index contributed by atoms with van der Waals surface area (Å²) in [6.07, 6.45) is 0. The van der Waals surface area contributed by atoms with Crippen LogP contribution >= 0.6 is 23.4 Å². The highest BCUT2D eigenvalue weighted by Crippen LogP contribution is 2.19. The van der Waals surface area contributed by atoms with Crippen LogP contribution in [-0.4, -0.2) is 31.9 Å². The molecule has 0 heterocycles. The van der Waals surface area contributed by atoms with Crippen molar-refractivity contribution in [2.75, 3.05) is 26.0 Å². The van der Waals surface area contributed by atoms with E-state index in [1.165, 1.54) is 17.8 Å². The molecule has 0 atom stereocenters. The van der Waals surface area contributed by atoms with E-state index in [0.717, 1.165) is 5.75 Å². The van der Waals surface area contributed by atoms with Crippen LogP contribution in [0.25, 0.3) is 0 Å². The zero-order valence-corrected chi connectivity index (χ0v) is 15.3. The first-order chi connectivity index (χ1) is 12.1. The zero-order chi connectivity index (χ0) is 18.1. The second kappa shape index (κ2) is 10.2. The van der Waals surface area contributed by atoms with Gasteiger partial charge in [-0.05, 0) is 42.0 Å². The number of nitrogens with one attached hydrogen (secondary N) is 1. The summed E-state index contributed by atoms with van der Waals surface area (Å²) in [5, 5.41) is 3.12. The second-order valence-electron chi connectivity index (χ2n) is 5.10. The minimum absolute atomic E-state index is 0.113. The monoisotopic (exact) mass is 383 g/mol. The summed E-state index contributed by atoms with van der Waals surface area (Å²) in [6.45, 7) is 0.773. The molecule has 2 aromatic carbocycles. The Kier molecular flexibility index (Phi) is 7.88. The molecule has 0 radical (unpaired) electrons. The summed E-state index contributed by atoms with van der Waals surface area (Å²) >= 11 is 7.05. The van der Waals surface area contributed by atoms with Gasteiger partial charge in [-0.2, -0.15) is 0 Å². The third-order valence-corrected chi connectivity index (χ3v) is 4.47. The Labute approximate surface area is 155 Å². The van der Waals surface area contributed by atoms with Gasteiger partial charge in [0.15, 0.2) is 0 Å². The predicted molar refractivity (Wildman–Crippen MR) is 99.1 cm³/mol. The van der Waals surface area contributed by atoms with Gasteiger partial charge in [0, 0.05) is 10.8 Å². The number of benzene rings is 2. The number of amides is 1. The minimum Gasteiger partial charge on any atom is -0.497 e. The molecule has 0 fully saturated rings. The SMILES string of the molecule is COc1ccc(OCCNC(=O)CSCc2ccc(Cl)cc2F)cc1. The van der Waals surface area contributed by atoms with Crippen LogP contribution in [0.2, 0.25) is 5.02 Å². The van der Waals surface area contributed by atoms with E-state index in [4.69, 9.17) is 21.1 Å². The van der Waals surface area contributed by atoms with Gasteiger partial charge in [-0.15, -0.1) is 11.8 Å². The number of carbonyl (C=O) groups is 1. The van der Waals surface area contributed by atoms with Crippen molar-refractivity contribution in [1.82, 2.24) is 5.32 Å². The second-order valence-corrected chi connectivity index (χ2v) is 6.52. The highest BCUT2D eigenvalue weighted by Gasteiger charge is 2.06. The normalized spacial score (nSPS) is 10.4. The van der Waals surface area contributed by atoms with Crippen LogP contribution in [0.15, 0.2) is 42.5 Å². The smallest absolute Gasteiger partial charge is 0.230 e. The summed E-state index contributed by atoms with van der Waals surface area (Å²) in [5.74, 6) is 1.67. The number of hydrogen-bond donors (Lipinski definition) is 1. The molecule has 0 unspecified atom stereocenters. The molecule has 0 saturated carbocycles. The summed E-state index contributed by atoms with van der Waals surface area (Å²) in [6, 6.07) is 11.8. The van der Waals surface area contributed by atoms with Gasteiger partial charge < -0.3 is 14.8 Å². The molecular formula is C18H19ClFNO3S. The van der Waals surface area contributed by atoms with Gasteiger partial charge in [-0.3, -0.25) is 4.79 Å². The first-order valence-electron chi connectivity index (χ1n) is 7.63. The van der Waals surface area contributed by atoms with E-state index in [2.05, 4.69) is 5.32 Å². The molecule has 4 nitrogen and oxygen atoms in total. The largest absolute Gasteiger partial charge is 0.497 e. The Morgan fingerprint density at radius 2 is 1.92 bits per heavy atom. The van der Waals surface area contributed by atoms with Crippen molar-refractivity contribution in [3.05, 3.63) is 58.9 Å². The van der Waals surface area contributed by atoms with Gasteiger partial charge in [0.1, 0.15) is 23.9 Å². The Bertz CT molecular complexity index is 697. The van der Waals surface area contributed by atoms with Gasteiger partial charge >= 0.3 is 0 Å². The Hall–Kier alpha value is -1.92. The fraction of sp³-hybridized carbons (Fsp3) is 0.278. The lowest BCUT2D eigenvalue weighted by atomic mass is 10.2. The highest BCUT2D eigenvalue weighted by atomic mass is 35.5. The van der Waals surface area contributed by atoms with Crippen LogP contribution in [0.1, 0.15) is 5.56 Å². The lowest BCUT2D eigenvalue weighted by Gasteiger charge is -2.08. The van der Waals surface area contributed by atoms with Gasteiger partial charge in [0.25, 0.3) is 0 Å². The molecule has 2 aromatic rings. The standard InChI is InChI=1S/C18H19ClFNO3S/c1-23-15-4-6-16(7-5-15)24-9-8-21-18(22)12-25-11-13-2-3-14(19)10-17(13)20/h2-7,10H,8-9,11-12H2,1H3,(H,21,22). The molecule has 0 saturated heterocycles. The fourth-order valence-electron chi connectivity index (χ4n) is 1.97. The number of rotatable bonds is 9. The Morgan fingerprint density at radius 1 is 1.20 bits per heavy atom. The molecule has 1 N–H and O–H groups in total. The molecule has 0 aliphatic carbocycles. The number of methoxy groups -OCH3 is 1. The maximum Gasteiger partial charge on any atom is 0.230 e. The van der Waals surface area contributed by atoms with E-state index in [9.17, 15) is 9.18 Å². The van der Waals surface area contributed by atoms with Crippen LogP contribution in [0, 0.1) is 5.82 Å². The molecule has 0 spiro atoms. The van der Waals surface area contributed by atoms with Crippen LogP contribution in [0.3, 0.4) is 0 Å². The fourth-order valence-corrected chi connectivity index (χ4v) is 2.98. The Balaban J connectivity index is 1.60. The van der Waals surface area contributed by atoms with Gasteiger partial charge in [0.05, 0.1) is 19.4 Å². The molecule has 0 aliphatic rings. The summed E-state index contributed by atoms with van der Waals surface area (Å²) < 4.78 is 24.2. The minimum atomic E-state index is -0.353. The molecule has 1 amide bonds. The molecule has 0 aromatic heterocycles. The van der Waals surface area contributed by atoms with Crippen molar-refractivity contribution in [1.29, 1.82) is 0 Å². The van der Waals surface area contributed by atoms with Crippen molar-refractivity contribution < 1.29 is 18.7 Å². The van der Waals surface area contributed by atoms with Crippen LogP contribution < -0.4 is 14.8 Å². The van der Waals surface area contributed by atoms with E-state index in [1.54, 1.807) is 43.5 Å². The lowest BCUT2D eigenvalue weighted by molar-refractivity contribution is -0.118.